The van der Waals surface area contributed by atoms with Crippen molar-refractivity contribution in [1.29, 1.82) is 0 Å². The molecule has 1 aliphatic heterocycles. The number of carbonyl (C=O) groups excluding carboxylic acids is 1. The van der Waals surface area contributed by atoms with E-state index in [-0.39, 0.29) is 23.4 Å². The van der Waals surface area contributed by atoms with Crippen LogP contribution in [-0.2, 0) is 6.54 Å². The lowest BCUT2D eigenvalue weighted by Crippen LogP contribution is -2.34. The van der Waals surface area contributed by atoms with Gasteiger partial charge in [-0.25, -0.2) is 4.39 Å². The number of likely N-dealkylation sites (tertiary alicyclic amines) is 1. The second kappa shape index (κ2) is 7.40. The van der Waals surface area contributed by atoms with E-state index in [1.807, 2.05) is 24.0 Å². The summed E-state index contributed by atoms with van der Waals surface area (Å²) in [6, 6.07) is 12.5. The first-order valence-corrected chi connectivity index (χ1v) is 10.1. The van der Waals surface area contributed by atoms with Gasteiger partial charge in [-0.2, -0.15) is 10.2 Å². The highest BCUT2D eigenvalue weighted by atomic mass is 19.1. The quantitative estimate of drug-likeness (QED) is 0.557. The maximum Gasteiger partial charge on any atom is 0.257 e. The smallest absolute Gasteiger partial charge is 0.257 e. The van der Waals surface area contributed by atoms with Gasteiger partial charge in [0, 0.05) is 36.3 Å². The molecule has 30 heavy (non-hydrogen) atoms. The standard InChI is InChI=1S/C23H22FN5O/c1-15-8-16(13-28(15)23(30)20-4-2-3-5-21(20)24)14-29-22-7-6-17(9-18(22)12-27-29)19-10-25-26-11-19/h2-7,9-12,15-16H,8,13-14H2,1H3,(H,25,26)/t15-,16+/m1/s1. The van der Waals surface area contributed by atoms with Crippen LogP contribution in [0.4, 0.5) is 4.39 Å². The number of rotatable bonds is 4. The Bertz CT molecular complexity index is 1200. The number of aromatic amines is 1. The molecule has 1 saturated heterocycles. The van der Waals surface area contributed by atoms with Crippen molar-refractivity contribution in [3.63, 3.8) is 0 Å². The van der Waals surface area contributed by atoms with Crippen molar-refractivity contribution in [2.45, 2.75) is 25.9 Å². The molecule has 1 N–H and O–H groups in total. The Morgan fingerprint density at radius 3 is 2.87 bits per heavy atom. The van der Waals surface area contributed by atoms with E-state index in [0.29, 0.717) is 6.54 Å². The van der Waals surface area contributed by atoms with E-state index in [1.165, 1.54) is 6.07 Å². The van der Waals surface area contributed by atoms with Crippen LogP contribution in [0.2, 0.25) is 0 Å². The first kappa shape index (κ1) is 18.5. The monoisotopic (exact) mass is 403 g/mol. The van der Waals surface area contributed by atoms with Crippen molar-refractivity contribution in [2.24, 2.45) is 5.92 Å². The molecule has 152 valence electrons. The zero-order valence-corrected chi connectivity index (χ0v) is 16.6. The molecule has 1 amide bonds. The molecule has 4 aromatic rings. The third-order valence-electron chi connectivity index (χ3n) is 5.93. The summed E-state index contributed by atoms with van der Waals surface area (Å²) in [7, 11) is 0. The van der Waals surface area contributed by atoms with Gasteiger partial charge in [-0.1, -0.05) is 18.2 Å². The molecular weight excluding hydrogens is 381 g/mol. The van der Waals surface area contributed by atoms with Crippen LogP contribution in [0.15, 0.2) is 61.1 Å². The van der Waals surface area contributed by atoms with Gasteiger partial charge in [0.1, 0.15) is 5.82 Å². The summed E-state index contributed by atoms with van der Waals surface area (Å²) in [6.45, 7) is 3.35. The number of benzene rings is 2. The molecule has 1 fully saturated rings. The van der Waals surface area contributed by atoms with Gasteiger partial charge < -0.3 is 4.90 Å². The Morgan fingerprint density at radius 2 is 2.07 bits per heavy atom. The Hall–Kier alpha value is -3.48. The number of H-pyrrole nitrogens is 1. The van der Waals surface area contributed by atoms with Crippen LogP contribution in [-0.4, -0.2) is 43.4 Å². The maximum absolute atomic E-state index is 14.1. The molecule has 0 bridgehead atoms. The lowest BCUT2D eigenvalue weighted by Gasteiger charge is -2.21. The Kier molecular flexibility index (Phi) is 4.58. The van der Waals surface area contributed by atoms with Gasteiger partial charge in [-0.05, 0) is 49.1 Å². The average Bonchev–Trinajstić information content (AvgIpc) is 3.48. The molecule has 0 saturated carbocycles. The number of aromatic nitrogens is 4. The molecule has 0 radical (unpaired) electrons. The zero-order valence-electron chi connectivity index (χ0n) is 16.6. The summed E-state index contributed by atoms with van der Waals surface area (Å²) in [5.74, 6) is -0.435. The van der Waals surface area contributed by atoms with Crippen LogP contribution in [0.5, 0.6) is 0 Å². The highest BCUT2D eigenvalue weighted by Gasteiger charge is 2.34. The number of nitrogens with one attached hydrogen (secondary N) is 1. The summed E-state index contributed by atoms with van der Waals surface area (Å²) in [5.41, 5.74) is 3.33. The molecule has 6 nitrogen and oxygen atoms in total. The van der Waals surface area contributed by atoms with Crippen molar-refractivity contribution in [3.8, 4) is 11.1 Å². The van der Waals surface area contributed by atoms with E-state index >= 15 is 0 Å². The third-order valence-corrected chi connectivity index (χ3v) is 5.93. The summed E-state index contributed by atoms with van der Waals surface area (Å²) < 4.78 is 16.1. The summed E-state index contributed by atoms with van der Waals surface area (Å²) in [5, 5.41) is 12.5. The van der Waals surface area contributed by atoms with Gasteiger partial charge in [0.2, 0.25) is 0 Å². The van der Waals surface area contributed by atoms with Crippen LogP contribution in [0.1, 0.15) is 23.7 Å². The van der Waals surface area contributed by atoms with E-state index in [9.17, 15) is 9.18 Å². The number of hydrogen-bond acceptors (Lipinski definition) is 3. The highest BCUT2D eigenvalue weighted by Crippen LogP contribution is 2.29. The number of hydrogen-bond donors (Lipinski definition) is 1. The van der Waals surface area contributed by atoms with Gasteiger partial charge >= 0.3 is 0 Å². The second-order valence-corrected chi connectivity index (χ2v) is 7.98. The Balaban J connectivity index is 1.33. The first-order chi connectivity index (χ1) is 14.6. The molecule has 0 unspecified atom stereocenters. The number of carbonyl (C=O) groups is 1. The molecule has 2 aromatic carbocycles. The number of halogens is 1. The lowest BCUT2D eigenvalue weighted by atomic mass is 10.1. The van der Waals surface area contributed by atoms with Crippen molar-refractivity contribution in [1.82, 2.24) is 24.9 Å². The van der Waals surface area contributed by atoms with Crippen molar-refractivity contribution in [3.05, 3.63) is 72.4 Å². The minimum Gasteiger partial charge on any atom is -0.335 e. The summed E-state index contributed by atoms with van der Waals surface area (Å²) in [4.78, 5) is 14.6. The topological polar surface area (TPSA) is 66.8 Å². The third kappa shape index (κ3) is 3.26. The Labute approximate surface area is 173 Å². The molecule has 7 heteroatoms. The van der Waals surface area contributed by atoms with Crippen molar-refractivity contribution in [2.75, 3.05) is 6.54 Å². The number of fused-ring (bicyclic) bond motifs is 1. The molecule has 2 aromatic heterocycles. The largest absolute Gasteiger partial charge is 0.335 e. The fourth-order valence-corrected chi connectivity index (χ4v) is 4.41. The fraction of sp³-hybridized carbons (Fsp3) is 0.261. The maximum atomic E-state index is 14.1. The highest BCUT2D eigenvalue weighted by molar-refractivity contribution is 5.94. The summed E-state index contributed by atoms with van der Waals surface area (Å²) >= 11 is 0. The normalized spacial score (nSPS) is 18.9. The Morgan fingerprint density at radius 1 is 1.20 bits per heavy atom. The number of amides is 1. The zero-order chi connectivity index (χ0) is 20.7. The van der Waals surface area contributed by atoms with E-state index in [2.05, 4.69) is 33.5 Å². The van der Waals surface area contributed by atoms with Gasteiger partial charge in [0.15, 0.2) is 0 Å². The van der Waals surface area contributed by atoms with Crippen molar-refractivity contribution < 1.29 is 9.18 Å². The SMILES string of the molecule is C[C@@H]1C[C@H](Cn2ncc3cc(-c4cn[nH]c4)ccc32)CN1C(=O)c1ccccc1F. The van der Waals surface area contributed by atoms with Crippen LogP contribution in [0.3, 0.4) is 0 Å². The van der Waals surface area contributed by atoms with Crippen LogP contribution in [0.25, 0.3) is 22.0 Å². The number of nitrogens with zero attached hydrogens (tertiary/aromatic N) is 4. The predicted octanol–water partition coefficient (Wildman–Crippen LogP) is 4.12. The average molecular weight is 403 g/mol. The van der Waals surface area contributed by atoms with E-state index in [1.54, 1.807) is 29.3 Å². The molecule has 0 aliphatic carbocycles. The minimum atomic E-state index is -0.468. The fourth-order valence-electron chi connectivity index (χ4n) is 4.41. The molecule has 0 spiro atoms. The first-order valence-electron chi connectivity index (χ1n) is 10.1. The van der Waals surface area contributed by atoms with Gasteiger partial charge in [0.25, 0.3) is 5.91 Å². The summed E-state index contributed by atoms with van der Waals surface area (Å²) in [6.07, 6.45) is 6.41. The van der Waals surface area contributed by atoms with Gasteiger partial charge in [-0.15, -0.1) is 0 Å². The molecule has 3 heterocycles. The van der Waals surface area contributed by atoms with Crippen LogP contribution >= 0.6 is 0 Å². The van der Waals surface area contributed by atoms with Gasteiger partial charge in [0.05, 0.1) is 23.5 Å². The second-order valence-electron chi connectivity index (χ2n) is 7.98. The lowest BCUT2D eigenvalue weighted by molar-refractivity contribution is 0.0737. The van der Waals surface area contributed by atoms with Gasteiger partial charge in [-0.3, -0.25) is 14.6 Å². The predicted molar refractivity (Wildman–Crippen MR) is 112 cm³/mol. The minimum absolute atomic E-state index is 0.0663. The molecular formula is C23H22FN5O. The molecule has 1 aliphatic rings. The van der Waals surface area contributed by atoms with E-state index < -0.39 is 5.82 Å². The van der Waals surface area contributed by atoms with Crippen LogP contribution < -0.4 is 0 Å². The van der Waals surface area contributed by atoms with E-state index in [0.717, 1.165) is 35.0 Å². The molecule has 5 rings (SSSR count). The van der Waals surface area contributed by atoms with E-state index in [4.69, 9.17) is 0 Å². The molecule has 2 atom stereocenters. The van der Waals surface area contributed by atoms with Crippen molar-refractivity contribution >= 4 is 16.8 Å². The van der Waals surface area contributed by atoms with Crippen LogP contribution in [0, 0.1) is 11.7 Å².